The first kappa shape index (κ1) is 19.9. The van der Waals surface area contributed by atoms with Gasteiger partial charge in [-0.15, -0.1) is 0 Å². The van der Waals surface area contributed by atoms with E-state index in [1.54, 1.807) is 0 Å². The van der Waals surface area contributed by atoms with Crippen LogP contribution in [0.25, 0.3) is 0 Å². The lowest BCUT2D eigenvalue weighted by Crippen LogP contribution is -2.47. The molecule has 2 aromatic rings. The van der Waals surface area contributed by atoms with E-state index in [2.05, 4.69) is 27.2 Å². The van der Waals surface area contributed by atoms with Gasteiger partial charge in [-0.3, -0.25) is 0 Å². The summed E-state index contributed by atoms with van der Waals surface area (Å²) in [6.07, 6.45) is 3.77. The summed E-state index contributed by atoms with van der Waals surface area (Å²) in [5.74, 6) is 2.21. The molecule has 7 nitrogen and oxygen atoms in total. The number of ether oxygens (including phenoxy) is 1. The summed E-state index contributed by atoms with van der Waals surface area (Å²) in [5.41, 5.74) is 2.18. The third-order valence-corrected chi connectivity index (χ3v) is 8.60. The summed E-state index contributed by atoms with van der Waals surface area (Å²) in [6, 6.07) is 9.27. The van der Waals surface area contributed by atoms with Gasteiger partial charge in [0.25, 0.3) is 0 Å². The number of nitrogens with zero attached hydrogens (tertiary/aromatic N) is 4. The van der Waals surface area contributed by atoms with Gasteiger partial charge >= 0.3 is 0 Å². The minimum atomic E-state index is -1.01. The van der Waals surface area contributed by atoms with Crippen molar-refractivity contribution in [1.29, 1.82) is 0 Å². The van der Waals surface area contributed by atoms with Crippen LogP contribution in [0, 0.1) is 0 Å². The lowest BCUT2D eigenvalue weighted by atomic mass is 10.1. The van der Waals surface area contributed by atoms with Gasteiger partial charge in [0.1, 0.15) is 11.4 Å². The zero-order valence-electron chi connectivity index (χ0n) is 17.3. The molecule has 3 atom stereocenters. The molecule has 0 radical (unpaired) electrons. The molecule has 0 spiro atoms. The number of rotatable bonds is 4. The predicted molar refractivity (Wildman–Crippen MR) is 123 cm³/mol. The molecule has 5 heterocycles. The Kier molecular flexibility index (Phi) is 5.13. The van der Waals surface area contributed by atoms with Gasteiger partial charge in [0.15, 0.2) is 5.82 Å². The fraction of sp³-hybridized carbons (Fsp3) is 0.545. The topological polar surface area (TPSA) is 76.6 Å². The second-order valence-electron chi connectivity index (χ2n) is 8.80. The average Bonchev–Trinajstić information content (AvgIpc) is 3.49. The van der Waals surface area contributed by atoms with E-state index in [0.29, 0.717) is 23.9 Å². The van der Waals surface area contributed by atoms with Crippen molar-refractivity contribution in [2.75, 3.05) is 47.2 Å². The first-order valence-electron chi connectivity index (χ1n) is 11.1. The highest BCUT2D eigenvalue weighted by atomic mass is 35.5. The molecule has 3 fully saturated rings. The number of anilines is 3. The molecule has 1 aromatic carbocycles. The predicted octanol–water partition coefficient (Wildman–Crippen LogP) is 2.85. The third-order valence-electron chi connectivity index (χ3n) is 6.89. The summed E-state index contributed by atoms with van der Waals surface area (Å²) >= 11 is 5.05. The van der Waals surface area contributed by atoms with Crippen molar-refractivity contribution >= 4 is 40.2 Å². The summed E-state index contributed by atoms with van der Waals surface area (Å²) in [4.78, 5) is 15.5. The highest BCUT2D eigenvalue weighted by molar-refractivity contribution is 7.91. The molecule has 6 rings (SSSR count). The first-order chi connectivity index (χ1) is 15.2. The Morgan fingerprint density at radius 1 is 1.06 bits per heavy atom. The van der Waals surface area contributed by atoms with Crippen molar-refractivity contribution in [3.8, 4) is 0 Å². The zero-order chi connectivity index (χ0) is 20.9. The van der Waals surface area contributed by atoms with Crippen LogP contribution in [-0.4, -0.2) is 64.7 Å². The number of halogens is 1. The Morgan fingerprint density at radius 2 is 1.81 bits per heavy atom. The van der Waals surface area contributed by atoms with Gasteiger partial charge in [-0.1, -0.05) is 11.6 Å². The van der Waals surface area contributed by atoms with Crippen LogP contribution in [0.3, 0.4) is 0 Å². The average molecular weight is 460 g/mol. The second-order valence-corrected chi connectivity index (χ2v) is 10.7. The van der Waals surface area contributed by atoms with Crippen molar-refractivity contribution in [3.63, 3.8) is 0 Å². The number of benzene rings is 1. The van der Waals surface area contributed by atoms with Crippen molar-refractivity contribution in [2.45, 2.75) is 48.7 Å². The van der Waals surface area contributed by atoms with Crippen molar-refractivity contribution in [2.24, 2.45) is 0 Å². The zero-order valence-corrected chi connectivity index (χ0v) is 18.9. The van der Waals surface area contributed by atoms with Crippen LogP contribution >= 0.6 is 11.6 Å². The van der Waals surface area contributed by atoms with Gasteiger partial charge in [-0.05, 0) is 54.7 Å². The molecule has 4 aliphatic heterocycles. The van der Waals surface area contributed by atoms with E-state index in [9.17, 15) is 4.55 Å². The van der Waals surface area contributed by atoms with Gasteiger partial charge in [0.05, 0.1) is 6.04 Å². The number of aromatic nitrogens is 2. The van der Waals surface area contributed by atoms with Crippen molar-refractivity contribution in [3.05, 3.63) is 35.0 Å². The monoisotopic (exact) mass is 459 g/mol. The Balaban J connectivity index is 1.25. The second kappa shape index (κ2) is 7.99. The number of nitrogens with one attached hydrogen (secondary N) is 1. The van der Waals surface area contributed by atoms with E-state index in [1.807, 2.05) is 12.1 Å². The first-order valence-corrected chi connectivity index (χ1v) is 12.8. The van der Waals surface area contributed by atoms with E-state index in [4.69, 9.17) is 26.3 Å². The molecule has 164 valence electrons. The maximum Gasteiger partial charge on any atom is 0.228 e. The Labute approximate surface area is 190 Å². The lowest BCUT2D eigenvalue weighted by molar-refractivity contribution is 0.0903. The van der Waals surface area contributed by atoms with Gasteiger partial charge in [0, 0.05) is 55.5 Å². The highest BCUT2D eigenvalue weighted by Crippen LogP contribution is 2.39. The molecule has 0 aliphatic carbocycles. The fourth-order valence-electron chi connectivity index (χ4n) is 5.31. The molecular weight excluding hydrogens is 434 g/mol. The lowest BCUT2D eigenvalue weighted by Gasteiger charge is -2.36. The molecule has 9 heteroatoms. The van der Waals surface area contributed by atoms with Crippen LogP contribution in [0.1, 0.15) is 25.0 Å². The molecule has 1 N–H and O–H groups in total. The molecule has 1 aromatic heterocycles. The normalized spacial score (nSPS) is 27.7. The minimum Gasteiger partial charge on any atom is -0.611 e. The molecule has 3 saturated heterocycles. The number of piperazine rings is 1. The van der Waals surface area contributed by atoms with E-state index >= 15 is 0 Å². The Hall–Kier alpha value is -1.74. The van der Waals surface area contributed by atoms with Crippen molar-refractivity contribution < 1.29 is 9.29 Å². The molecule has 4 aliphatic rings. The standard InChI is InChI=1S/C22H26ClN5O2S/c23-14-1-3-16(4-2-14)27-12-18-11-17(27)13-28(18)22-25-19-7-10-31(29)20(19)21(26-22)24-15-5-8-30-9-6-15/h1-4,15,17-18H,5-13H2,(H,24,25,26)/t17-,18?,31?/m1/s1. The van der Waals surface area contributed by atoms with Gasteiger partial charge in [0.2, 0.25) is 10.8 Å². The molecule has 0 saturated carbocycles. The maximum atomic E-state index is 12.6. The summed E-state index contributed by atoms with van der Waals surface area (Å²) in [5, 5.41) is 4.35. The van der Waals surface area contributed by atoms with E-state index < -0.39 is 11.2 Å². The van der Waals surface area contributed by atoms with Crippen molar-refractivity contribution in [1.82, 2.24) is 9.97 Å². The van der Waals surface area contributed by atoms with Crippen LogP contribution in [-0.2, 0) is 22.3 Å². The molecular formula is C22H26ClN5O2S. The summed E-state index contributed by atoms with van der Waals surface area (Å²) in [6.45, 7) is 3.39. The van der Waals surface area contributed by atoms with E-state index in [1.165, 1.54) is 5.69 Å². The highest BCUT2D eigenvalue weighted by Gasteiger charge is 2.45. The minimum absolute atomic E-state index is 0.314. The van der Waals surface area contributed by atoms with E-state index in [-0.39, 0.29) is 0 Å². The smallest absolute Gasteiger partial charge is 0.228 e. The Bertz CT molecular complexity index is 971. The van der Waals surface area contributed by atoms with Gasteiger partial charge < -0.3 is 24.4 Å². The summed E-state index contributed by atoms with van der Waals surface area (Å²) in [7, 11) is 0. The maximum absolute atomic E-state index is 12.6. The quantitative estimate of drug-likeness (QED) is 0.704. The molecule has 2 unspecified atom stereocenters. The number of aryl methyl sites for hydroxylation is 1. The Morgan fingerprint density at radius 3 is 2.55 bits per heavy atom. The van der Waals surface area contributed by atoms with Crippen LogP contribution in [0.5, 0.6) is 0 Å². The third kappa shape index (κ3) is 3.63. The molecule has 2 bridgehead atoms. The molecule has 31 heavy (non-hydrogen) atoms. The SMILES string of the molecule is [O-][S+]1CCc2nc(N3C[C@H]4CC3CN4c3ccc(Cl)cc3)nc(NC3CCOCC3)c21. The van der Waals surface area contributed by atoms with Crippen LogP contribution in [0.15, 0.2) is 29.2 Å². The number of hydrogen-bond donors (Lipinski definition) is 1. The van der Waals surface area contributed by atoms with Gasteiger partial charge in [-0.25, -0.2) is 4.98 Å². The van der Waals surface area contributed by atoms with Gasteiger partial charge in [-0.2, -0.15) is 4.98 Å². The van der Waals surface area contributed by atoms with E-state index in [0.717, 1.165) is 79.4 Å². The van der Waals surface area contributed by atoms with Crippen LogP contribution < -0.4 is 15.1 Å². The van der Waals surface area contributed by atoms with Crippen LogP contribution in [0.2, 0.25) is 5.02 Å². The largest absolute Gasteiger partial charge is 0.611 e. The summed E-state index contributed by atoms with van der Waals surface area (Å²) < 4.78 is 18.1. The number of hydrogen-bond acceptors (Lipinski definition) is 7. The number of fused-ring (bicyclic) bond motifs is 3. The van der Waals surface area contributed by atoms with Crippen LogP contribution in [0.4, 0.5) is 17.5 Å². The molecule has 0 amide bonds. The fourth-order valence-corrected chi connectivity index (χ4v) is 6.75.